The minimum atomic E-state index is -0.295. The summed E-state index contributed by atoms with van der Waals surface area (Å²) in [6.45, 7) is 2.19. The molecule has 23 heavy (non-hydrogen) atoms. The SMILES string of the molecule is COC(=O)C1CCC=C1OCc1ccc(C(C)C(=O)OC)cc1. The molecule has 124 valence electrons. The van der Waals surface area contributed by atoms with Crippen LogP contribution in [-0.4, -0.2) is 26.2 Å². The Hall–Kier alpha value is -2.30. The summed E-state index contributed by atoms with van der Waals surface area (Å²) >= 11 is 0. The molecular formula is C18H22O5. The van der Waals surface area contributed by atoms with Gasteiger partial charge in [0, 0.05) is 0 Å². The number of benzene rings is 1. The molecule has 0 radical (unpaired) electrons. The molecule has 5 heteroatoms. The van der Waals surface area contributed by atoms with Gasteiger partial charge in [-0.25, -0.2) is 0 Å². The van der Waals surface area contributed by atoms with Gasteiger partial charge in [0.2, 0.25) is 0 Å². The van der Waals surface area contributed by atoms with E-state index in [1.807, 2.05) is 37.3 Å². The highest BCUT2D eigenvalue weighted by Crippen LogP contribution is 2.28. The van der Waals surface area contributed by atoms with Gasteiger partial charge in [-0.2, -0.15) is 0 Å². The maximum atomic E-state index is 11.7. The van der Waals surface area contributed by atoms with E-state index < -0.39 is 0 Å². The van der Waals surface area contributed by atoms with E-state index in [0.717, 1.165) is 24.0 Å². The normalized spacial score (nSPS) is 18.0. The van der Waals surface area contributed by atoms with Gasteiger partial charge in [-0.05, 0) is 37.0 Å². The van der Waals surface area contributed by atoms with E-state index in [1.54, 1.807) is 0 Å². The number of esters is 2. The first-order valence-corrected chi connectivity index (χ1v) is 7.64. The second-order valence-corrected chi connectivity index (χ2v) is 5.53. The van der Waals surface area contributed by atoms with Crippen LogP contribution in [0.2, 0.25) is 0 Å². The lowest BCUT2D eigenvalue weighted by Gasteiger charge is -2.15. The Labute approximate surface area is 136 Å². The molecule has 1 aromatic rings. The fraction of sp³-hybridized carbons (Fsp3) is 0.444. The third-order valence-corrected chi connectivity index (χ3v) is 4.07. The number of rotatable bonds is 6. The van der Waals surface area contributed by atoms with Crippen LogP contribution in [0.1, 0.15) is 36.8 Å². The van der Waals surface area contributed by atoms with Crippen molar-refractivity contribution in [3.05, 3.63) is 47.2 Å². The average Bonchev–Trinajstić information content (AvgIpc) is 3.07. The van der Waals surface area contributed by atoms with Gasteiger partial charge in [0.1, 0.15) is 18.3 Å². The van der Waals surface area contributed by atoms with Crippen molar-refractivity contribution in [3.8, 4) is 0 Å². The largest absolute Gasteiger partial charge is 0.493 e. The van der Waals surface area contributed by atoms with Crippen LogP contribution < -0.4 is 0 Å². The molecule has 0 N–H and O–H groups in total. The Kier molecular flexibility index (Phi) is 5.79. The molecule has 0 fully saturated rings. The quantitative estimate of drug-likeness (QED) is 0.755. The number of carbonyl (C=O) groups excluding carboxylic acids is 2. The van der Waals surface area contributed by atoms with Crippen molar-refractivity contribution >= 4 is 11.9 Å². The Morgan fingerprint density at radius 2 is 1.87 bits per heavy atom. The lowest BCUT2D eigenvalue weighted by atomic mass is 10.0. The zero-order valence-electron chi connectivity index (χ0n) is 13.7. The van der Waals surface area contributed by atoms with Crippen molar-refractivity contribution in [1.29, 1.82) is 0 Å². The Morgan fingerprint density at radius 3 is 2.48 bits per heavy atom. The number of hydrogen-bond acceptors (Lipinski definition) is 5. The zero-order valence-corrected chi connectivity index (χ0v) is 13.7. The minimum absolute atomic E-state index is 0.254. The first-order chi connectivity index (χ1) is 11.1. The monoisotopic (exact) mass is 318 g/mol. The van der Waals surface area contributed by atoms with Crippen LogP contribution in [-0.2, 0) is 30.4 Å². The molecule has 5 nitrogen and oxygen atoms in total. The number of ether oxygens (including phenoxy) is 3. The summed E-state index contributed by atoms with van der Waals surface area (Å²) in [4.78, 5) is 23.2. The average molecular weight is 318 g/mol. The molecule has 1 aliphatic rings. The van der Waals surface area contributed by atoms with Crippen molar-refractivity contribution in [2.45, 2.75) is 32.3 Å². The molecule has 2 unspecified atom stereocenters. The van der Waals surface area contributed by atoms with Gasteiger partial charge in [-0.1, -0.05) is 24.3 Å². The Morgan fingerprint density at radius 1 is 1.17 bits per heavy atom. The topological polar surface area (TPSA) is 61.8 Å². The summed E-state index contributed by atoms with van der Waals surface area (Å²) in [5.41, 5.74) is 1.87. The second-order valence-electron chi connectivity index (χ2n) is 5.53. The fourth-order valence-electron chi connectivity index (χ4n) is 2.59. The van der Waals surface area contributed by atoms with Crippen molar-refractivity contribution in [3.63, 3.8) is 0 Å². The highest BCUT2D eigenvalue weighted by Gasteiger charge is 2.28. The van der Waals surface area contributed by atoms with Crippen LogP contribution >= 0.6 is 0 Å². The standard InChI is InChI=1S/C18H22O5/c1-12(17(19)21-2)14-9-7-13(8-10-14)11-23-16-6-4-5-15(16)18(20)22-3/h6-10,12,15H,4-5,11H2,1-3H3. The van der Waals surface area contributed by atoms with E-state index in [9.17, 15) is 9.59 Å². The molecule has 1 aromatic carbocycles. The van der Waals surface area contributed by atoms with Gasteiger partial charge in [0.05, 0.1) is 20.1 Å². The molecule has 0 bridgehead atoms. The Bertz CT molecular complexity index is 588. The first kappa shape index (κ1) is 17.1. The van der Waals surface area contributed by atoms with E-state index in [0.29, 0.717) is 12.4 Å². The van der Waals surface area contributed by atoms with Gasteiger partial charge in [0.15, 0.2) is 0 Å². The van der Waals surface area contributed by atoms with Crippen molar-refractivity contribution in [2.75, 3.05) is 14.2 Å². The highest BCUT2D eigenvalue weighted by molar-refractivity contribution is 5.77. The van der Waals surface area contributed by atoms with Gasteiger partial charge in [0.25, 0.3) is 0 Å². The summed E-state index contributed by atoms with van der Waals surface area (Å²) in [6, 6.07) is 7.61. The molecule has 0 heterocycles. The molecule has 0 aromatic heterocycles. The van der Waals surface area contributed by atoms with Crippen LogP contribution in [0.3, 0.4) is 0 Å². The van der Waals surface area contributed by atoms with Gasteiger partial charge in [-0.15, -0.1) is 0 Å². The first-order valence-electron chi connectivity index (χ1n) is 7.64. The predicted octanol–water partition coefficient (Wildman–Crippen LogP) is 2.95. The van der Waals surface area contributed by atoms with Crippen LogP contribution in [0.15, 0.2) is 36.1 Å². The zero-order chi connectivity index (χ0) is 16.8. The van der Waals surface area contributed by atoms with Gasteiger partial charge in [-0.3, -0.25) is 9.59 Å². The number of hydrogen-bond donors (Lipinski definition) is 0. The second kappa shape index (κ2) is 7.81. The van der Waals surface area contributed by atoms with Gasteiger partial charge >= 0.3 is 11.9 Å². The van der Waals surface area contributed by atoms with Crippen LogP contribution in [0.4, 0.5) is 0 Å². The maximum absolute atomic E-state index is 11.7. The lowest BCUT2D eigenvalue weighted by molar-refractivity contribution is -0.145. The summed E-state index contributed by atoms with van der Waals surface area (Å²) < 4.78 is 15.3. The van der Waals surface area contributed by atoms with Crippen LogP contribution in [0, 0.1) is 5.92 Å². The van der Waals surface area contributed by atoms with Crippen LogP contribution in [0.5, 0.6) is 0 Å². The van der Waals surface area contributed by atoms with E-state index in [2.05, 4.69) is 0 Å². The Balaban J connectivity index is 1.94. The number of carbonyl (C=O) groups is 2. The van der Waals surface area contributed by atoms with E-state index in [-0.39, 0.29) is 23.8 Å². The molecule has 0 saturated carbocycles. The summed E-state index contributed by atoms with van der Waals surface area (Å²) in [6.07, 6.45) is 3.50. The van der Waals surface area contributed by atoms with Gasteiger partial charge < -0.3 is 14.2 Å². The molecule has 0 saturated heterocycles. The van der Waals surface area contributed by atoms with E-state index >= 15 is 0 Å². The third kappa shape index (κ3) is 4.12. The summed E-state index contributed by atoms with van der Waals surface area (Å²) in [5, 5.41) is 0. The molecule has 2 rings (SSSR count). The lowest BCUT2D eigenvalue weighted by Crippen LogP contribution is -2.17. The van der Waals surface area contributed by atoms with E-state index in [4.69, 9.17) is 14.2 Å². The molecule has 0 spiro atoms. The molecule has 0 amide bonds. The van der Waals surface area contributed by atoms with Crippen molar-refractivity contribution < 1.29 is 23.8 Å². The number of methoxy groups -OCH3 is 2. The predicted molar refractivity (Wildman–Crippen MR) is 84.5 cm³/mol. The molecular weight excluding hydrogens is 296 g/mol. The highest BCUT2D eigenvalue weighted by atomic mass is 16.5. The molecule has 0 aliphatic heterocycles. The fourth-order valence-corrected chi connectivity index (χ4v) is 2.59. The maximum Gasteiger partial charge on any atom is 0.316 e. The number of allylic oxidation sites excluding steroid dienone is 1. The third-order valence-electron chi connectivity index (χ3n) is 4.07. The van der Waals surface area contributed by atoms with Crippen molar-refractivity contribution in [2.24, 2.45) is 5.92 Å². The summed E-state index contributed by atoms with van der Waals surface area (Å²) in [5.74, 6) is -0.416. The molecule has 2 atom stereocenters. The summed E-state index contributed by atoms with van der Waals surface area (Å²) in [7, 11) is 2.77. The van der Waals surface area contributed by atoms with Crippen molar-refractivity contribution in [1.82, 2.24) is 0 Å². The van der Waals surface area contributed by atoms with Crippen LogP contribution in [0.25, 0.3) is 0 Å². The molecule has 1 aliphatic carbocycles. The smallest absolute Gasteiger partial charge is 0.316 e. The minimum Gasteiger partial charge on any atom is -0.493 e. The van der Waals surface area contributed by atoms with E-state index in [1.165, 1.54) is 14.2 Å².